The largest absolute Gasteiger partial charge is 0.449 e. The second kappa shape index (κ2) is 14.9. The van der Waals surface area contributed by atoms with Gasteiger partial charge in [-0.3, -0.25) is 0 Å². The van der Waals surface area contributed by atoms with Crippen LogP contribution in [0.25, 0.3) is 23.3 Å². The van der Waals surface area contributed by atoms with E-state index in [9.17, 15) is 0 Å². The van der Waals surface area contributed by atoms with Gasteiger partial charge in [0.25, 0.3) is 0 Å². The van der Waals surface area contributed by atoms with Gasteiger partial charge in [-0.2, -0.15) is 0 Å². The summed E-state index contributed by atoms with van der Waals surface area (Å²) in [6, 6.07) is 74.6. The van der Waals surface area contributed by atoms with Crippen LogP contribution in [-0.2, 0) is 16.2 Å². The van der Waals surface area contributed by atoms with Crippen LogP contribution < -0.4 is 28.7 Å². The number of benzene rings is 10. The van der Waals surface area contributed by atoms with Crippen molar-refractivity contribution < 1.29 is 18.9 Å². The van der Waals surface area contributed by atoms with Gasteiger partial charge >= 0.3 is 0 Å². The minimum Gasteiger partial charge on any atom is -0.449 e. The van der Waals surface area contributed by atoms with E-state index in [-0.39, 0.29) is 10.8 Å². The monoisotopic (exact) mass is 968 g/mol. The molecular formula is C69H48N2O4. The number of rotatable bonds is 2. The number of anilines is 6. The molecule has 2 aliphatic carbocycles. The zero-order valence-electron chi connectivity index (χ0n) is 41.8. The van der Waals surface area contributed by atoms with E-state index in [1.54, 1.807) is 0 Å². The van der Waals surface area contributed by atoms with Gasteiger partial charge in [-0.05, 0) is 140 Å². The third-order valence-electron chi connectivity index (χ3n) is 17.0. The highest BCUT2D eigenvalue weighted by atomic mass is 16.6. The van der Waals surface area contributed by atoms with Gasteiger partial charge in [0.2, 0.25) is 0 Å². The van der Waals surface area contributed by atoms with Crippen LogP contribution in [0.2, 0.25) is 0 Å². The van der Waals surface area contributed by atoms with E-state index in [2.05, 4.69) is 207 Å². The smallest absolute Gasteiger partial charge is 0.172 e. The van der Waals surface area contributed by atoms with Gasteiger partial charge < -0.3 is 28.7 Å². The molecule has 0 saturated heterocycles. The molecule has 0 radical (unpaired) electrons. The Bertz CT molecular complexity index is 3920. The quantitative estimate of drug-likeness (QED) is 0.172. The zero-order chi connectivity index (χ0) is 50.0. The molecule has 0 amide bonds. The highest BCUT2D eigenvalue weighted by Crippen LogP contribution is 2.63. The molecule has 0 saturated carbocycles. The van der Waals surface area contributed by atoms with Crippen LogP contribution in [-0.4, -0.2) is 0 Å². The molecule has 0 aromatic heterocycles. The Morgan fingerprint density at radius 2 is 0.627 bits per heavy atom. The number of para-hydroxylation sites is 6. The first-order chi connectivity index (χ1) is 36.7. The Balaban J connectivity index is 0.939. The molecule has 6 nitrogen and oxygen atoms in total. The minimum absolute atomic E-state index is 0.351. The van der Waals surface area contributed by atoms with E-state index in [1.165, 1.54) is 44.5 Å². The maximum absolute atomic E-state index is 6.66. The molecule has 4 aliphatic heterocycles. The van der Waals surface area contributed by atoms with Gasteiger partial charge in [-0.1, -0.05) is 161 Å². The summed E-state index contributed by atoms with van der Waals surface area (Å²) in [7, 11) is 0. The van der Waals surface area contributed by atoms with E-state index >= 15 is 0 Å². The average molecular weight is 969 g/mol. The molecule has 4 heterocycles. The summed E-state index contributed by atoms with van der Waals surface area (Å²) in [6.07, 6.45) is 4.65. The van der Waals surface area contributed by atoms with Gasteiger partial charge in [0.1, 0.15) is 0 Å². The first-order valence-corrected chi connectivity index (χ1v) is 25.9. The molecule has 6 heteroatoms. The average Bonchev–Trinajstić information content (AvgIpc) is 3.71. The molecule has 10 aromatic carbocycles. The topological polar surface area (TPSA) is 43.4 Å². The van der Waals surface area contributed by atoms with Crippen molar-refractivity contribution in [3.8, 4) is 57.1 Å². The van der Waals surface area contributed by atoms with Crippen LogP contribution in [0.3, 0.4) is 0 Å². The third-order valence-corrected chi connectivity index (χ3v) is 17.0. The standard InChI is InChI=1S/C69H48N2O4/c1-67(2)49-21-9-11-23-55(49)70(57-39-65-63(37-53(57)67)72-59-25-13-15-27-61(59)74-65)43-33-31-41-29-30-42-32-34-44(36-52(42)69(51(41)35-43)47-19-7-5-17-45(47)46-18-6-8-20-48(46)69)71-56-24-12-10-22-50(56)68(3,4)54-38-64-66(40-58(54)71)75-62-28-16-14-26-60(62)73-64/h5-40H,1-4H3. The Morgan fingerprint density at radius 1 is 0.280 bits per heavy atom. The fourth-order valence-electron chi connectivity index (χ4n) is 13.4. The van der Waals surface area contributed by atoms with Crippen molar-refractivity contribution >= 4 is 46.3 Å². The molecule has 0 bridgehead atoms. The Morgan fingerprint density at radius 3 is 1.04 bits per heavy atom. The summed E-state index contributed by atoms with van der Waals surface area (Å²) < 4.78 is 26.5. The van der Waals surface area contributed by atoms with E-state index in [4.69, 9.17) is 18.9 Å². The second-order valence-corrected chi connectivity index (χ2v) is 21.6. The lowest BCUT2D eigenvalue weighted by Gasteiger charge is -2.44. The number of ether oxygens (including phenoxy) is 4. The molecule has 0 atom stereocenters. The van der Waals surface area contributed by atoms with Gasteiger partial charge in [-0.25, -0.2) is 0 Å². The minimum atomic E-state index is -0.741. The number of nitrogens with zero attached hydrogens (tertiary/aromatic N) is 2. The predicted octanol–water partition coefficient (Wildman–Crippen LogP) is 18.5. The van der Waals surface area contributed by atoms with Crippen molar-refractivity contribution in [2.24, 2.45) is 0 Å². The van der Waals surface area contributed by atoms with Crippen LogP contribution in [0.5, 0.6) is 46.0 Å². The summed E-state index contributed by atoms with van der Waals surface area (Å²) in [5.41, 5.74) is 19.5. The van der Waals surface area contributed by atoms with Crippen molar-refractivity contribution in [2.45, 2.75) is 43.9 Å². The fraction of sp³-hybridized carbons (Fsp3) is 0.101. The SMILES string of the molecule is CC1(C)c2ccccc2N(c2ccc3c(c2)C2(c4cc(N5c6ccccc6C(C)(C)c6cc7c(cc65)Oc5ccccc5O7)ccc4C=C3)c3ccccc3-c3ccccc32)c2cc3c(cc21)Oc1ccccc1O3. The summed E-state index contributed by atoms with van der Waals surface area (Å²) in [5, 5.41) is 0. The van der Waals surface area contributed by atoms with E-state index in [0.717, 1.165) is 56.4 Å². The zero-order valence-corrected chi connectivity index (χ0v) is 41.8. The highest BCUT2D eigenvalue weighted by Gasteiger charge is 2.50. The fourth-order valence-corrected chi connectivity index (χ4v) is 13.4. The first kappa shape index (κ1) is 42.3. The molecule has 75 heavy (non-hydrogen) atoms. The summed E-state index contributed by atoms with van der Waals surface area (Å²) in [4.78, 5) is 4.89. The molecule has 6 aliphatic rings. The Hall–Kier alpha value is -9.26. The van der Waals surface area contributed by atoms with Crippen molar-refractivity contribution in [3.05, 3.63) is 262 Å². The predicted molar refractivity (Wildman–Crippen MR) is 299 cm³/mol. The van der Waals surface area contributed by atoms with E-state index in [0.29, 0.717) is 46.0 Å². The molecule has 10 aromatic rings. The maximum atomic E-state index is 6.66. The lowest BCUT2D eigenvalue weighted by molar-refractivity contribution is 0.358. The van der Waals surface area contributed by atoms with E-state index in [1.807, 2.05) is 48.5 Å². The molecule has 1 spiro atoms. The third kappa shape index (κ3) is 5.68. The molecule has 16 rings (SSSR count). The summed E-state index contributed by atoms with van der Waals surface area (Å²) >= 11 is 0. The van der Waals surface area contributed by atoms with Gasteiger partial charge in [0, 0.05) is 34.3 Å². The van der Waals surface area contributed by atoms with Crippen LogP contribution in [0.15, 0.2) is 206 Å². The number of hydrogen-bond acceptors (Lipinski definition) is 6. The van der Waals surface area contributed by atoms with Crippen molar-refractivity contribution in [1.29, 1.82) is 0 Å². The molecular weight excluding hydrogens is 921 g/mol. The summed E-state index contributed by atoms with van der Waals surface area (Å²) in [6.45, 7) is 9.27. The Kier molecular flexibility index (Phi) is 8.41. The molecule has 358 valence electrons. The molecule has 0 fully saturated rings. The first-order valence-electron chi connectivity index (χ1n) is 25.9. The molecule has 0 unspecified atom stereocenters. The lowest BCUT2D eigenvalue weighted by atomic mass is 9.65. The second-order valence-electron chi connectivity index (χ2n) is 21.6. The normalized spacial score (nSPS) is 16.1. The van der Waals surface area contributed by atoms with Crippen molar-refractivity contribution in [1.82, 2.24) is 0 Å². The van der Waals surface area contributed by atoms with Crippen molar-refractivity contribution in [2.75, 3.05) is 9.80 Å². The van der Waals surface area contributed by atoms with Gasteiger partial charge in [-0.15, -0.1) is 0 Å². The number of fused-ring (bicyclic) bond motifs is 17. The van der Waals surface area contributed by atoms with Crippen LogP contribution in [0.1, 0.15) is 83.3 Å². The van der Waals surface area contributed by atoms with Crippen LogP contribution in [0.4, 0.5) is 34.1 Å². The van der Waals surface area contributed by atoms with Gasteiger partial charge in [0.15, 0.2) is 46.0 Å². The molecule has 0 N–H and O–H groups in total. The van der Waals surface area contributed by atoms with Crippen LogP contribution >= 0.6 is 0 Å². The lowest BCUT2D eigenvalue weighted by Crippen LogP contribution is -2.33. The van der Waals surface area contributed by atoms with E-state index < -0.39 is 5.41 Å². The summed E-state index contributed by atoms with van der Waals surface area (Å²) in [5.74, 6) is 5.65. The highest BCUT2D eigenvalue weighted by molar-refractivity contribution is 5.96. The maximum Gasteiger partial charge on any atom is 0.172 e. The van der Waals surface area contributed by atoms with Crippen LogP contribution in [0, 0.1) is 0 Å². The number of hydrogen-bond donors (Lipinski definition) is 0. The Labute approximate surface area is 435 Å². The van der Waals surface area contributed by atoms with Gasteiger partial charge in [0.05, 0.1) is 28.2 Å². The van der Waals surface area contributed by atoms with Crippen molar-refractivity contribution in [3.63, 3.8) is 0 Å².